The van der Waals surface area contributed by atoms with Gasteiger partial charge in [-0.15, -0.1) is 0 Å². The highest BCUT2D eigenvalue weighted by Gasteiger charge is 2.19. The largest absolute Gasteiger partial charge is 0.324 e. The second-order valence-corrected chi connectivity index (χ2v) is 7.86. The van der Waals surface area contributed by atoms with Crippen LogP contribution in [-0.2, 0) is 6.42 Å². The molecule has 6 nitrogen and oxygen atoms in total. The molecule has 1 atom stereocenters. The van der Waals surface area contributed by atoms with Gasteiger partial charge in [0.1, 0.15) is 11.3 Å². The SMILES string of the molecule is CC(C)n1cc(-c2nc3c(-c4ccc5c(c4)CCCC5N)ccnc3[nH]2)cn1. The molecule has 0 saturated heterocycles. The van der Waals surface area contributed by atoms with Gasteiger partial charge in [-0.3, -0.25) is 4.68 Å². The maximum atomic E-state index is 6.28. The van der Waals surface area contributed by atoms with Crippen LogP contribution in [0.25, 0.3) is 33.7 Å². The van der Waals surface area contributed by atoms with Crippen LogP contribution in [0.1, 0.15) is 49.9 Å². The quantitative estimate of drug-likeness (QED) is 0.558. The van der Waals surface area contributed by atoms with Crippen molar-refractivity contribution in [3.8, 4) is 22.5 Å². The lowest BCUT2D eigenvalue weighted by molar-refractivity contribution is 0.532. The van der Waals surface area contributed by atoms with Crippen molar-refractivity contribution in [2.75, 3.05) is 0 Å². The summed E-state index contributed by atoms with van der Waals surface area (Å²) in [5.41, 5.74) is 13.8. The number of aromatic amines is 1. The fraction of sp³-hybridized carbons (Fsp3) is 0.318. The number of aryl methyl sites for hydroxylation is 1. The summed E-state index contributed by atoms with van der Waals surface area (Å²) in [4.78, 5) is 12.7. The molecule has 6 heteroatoms. The number of imidazole rings is 1. The van der Waals surface area contributed by atoms with E-state index in [1.165, 1.54) is 11.1 Å². The van der Waals surface area contributed by atoms with E-state index in [-0.39, 0.29) is 6.04 Å². The van der Waals surface area contributed by atoms with Gasteiger partial charge >= 0.3 is 0 Å². The van der Waals surface area contributed by atoms with Crippen molar-refractivity contribution in [1.82, 2.24) is 24.7 Å². The van der Waals surface area contributed by atoms with E-state index >= 15 is 0 Å². The van der Waals surface area contributed by atoms with E-state index in [2.05, 4.69) is 47.1 Å². The van der Waals surface area contributed by atoms with Crippen molar-refractivity contribution >= 4 is 11.2 Å². The molecule has 0 fully saturated rings. The number of benzene rings is 1. The number of H-pyrrole nitrogens is 1. The molecule has 4 aromatic rings. The van der Waals surface area contributed by atoms with Crippen molar-refractivity contribution < 1.29 is 0 Å². The van der Waals surface area contributed by atoms with Crippen LogP contribution in [0.5, 0.6) is 0 Å². The first-order valence-electron chi connectivity index (χ1n) is 9.88. The summed E-state index contributed by atoms with van der Waals surface area (Å²) in [5, 5.41) is 4.42. The lowest BCUT2D eigenvalue weighted by Crippen LogP contribution is -2.17. The summed E-state index contributed by atoms with van der Waals surface area (Å²) < 4.78 is 1.93. The Hall–Kier alpha value is -2.99. The first kappa shape index (κ1) is 17.1. The number of nitrogens with zero attached hydrogens (tertiary/aromatic N) is 4. The molecule has 1 aromatic carbocycles. The van der Waals surface area contributed by atoms with Gasteiger partial charge in [-0.1, -0.05) is 18.2 Å². The maximum absolute atomic E-state index is 6.28. The van der Waals surface area contributed by atoms with Gasteiger partial charge < -0.3 is 10.7 Å². The topological polar surface area (TPSA) is 85.4 Å². The zero-order valence-electron chi connectivity index (χ0n) is 16.2. The third kappa shape index (κ3) is 2.81. The molecular formula is C22H24N6. The summed E-state index contributed by atoms with van der Waals surface area (Å²) in [6.45, 7) is 4.22. The predicted octanol–water partition coefficient (Wildman–Crippen LogP) is 4.41. The van der Waals surface area contributed by atoms with Crippen molar-refractivity contribution in [2.45, 2.75) is 45.2 Å². The predicted molar refractivity (Wildman–Crippen MR) is 111 cm³/mol. The Morgan fingerprint density at radius 1 is 1.21 bits per heavy atom. The summed E-state index contributed by atoms with van der Waals surface area (Å²) in [6.07, 6.45) is 9.00. The van der Waals surface area contributed by atoms with Gasteiger partial charge in [0.15, 0.2) is 5.65 Å². The van der Waals surface area contributed by atoms with E-state index in [9.17, 15) is 0 Å². The van der Waals surface area contributed by atoms with Gasteiger partial charge in [-0.2, -0.15) is 5.10 Å². The smallest absolute Gasteiger partial charge is 0.158 e. The molecule has 5 rings (SSSR count). The summed E-state index contributed by atoms with van der Waals surface area (Å²) in [6, 6.07) is 9.12. The van der Waals surface area contributed by atoms with E-state index in [0.717, 1.165) is 52.9 Å². The zero-order chi connectivity index (χ0) is 19.3. The Morgan fingerprint density at radius 3 is 2.93 bits per heavy atom. The van der Waals surface area contributed by atoms with Gasteiger partial charge in [0, 0.05) is 30.0 Å². The molecule has 3 N–H and O–H groups in total. The van der Waals surface area contributed by atoms with Crippen molar-refractivity contribution in [1.29, 1.82) is 0 Å². The van der Waals surface area contributed by atoms with Gasteiger partial charge in [0.05, 0.1) is 11.8 Å². The summed E-state index contributed by atoms with van der Waals surface area (Å²) >= 11 is 0. The fourth-order valence-electron chi connectivity index (χ4n) is 4.04. The molecule has 0 bridgehead atoms. The summed E-state index contributed by atoms with van der Waals surface area (Å²) in [5.74, 6) is 0.793. The van der Waals surface area contributed by atoms with E-state index in [1.807, 2.05) is 29.3 Å². The Kier molecular flexibility index (Phi) is 4.02. The Labute approximate surface area is 163 Å². The zero-order valence-corrected chi connectivity index (χ0v) is 16.2. The van der Waals surface area contributed by atoms with E-state index in [0.29, 0.717) is 6.04 Å². The van der Waals surface area contributed by atoms with Crippen LogP contribution in [-0.4, -0.2) is 24.7 Å². The van der Waals surface area contributed by atoms with Crippen LogP contribution in [0, 0.1) is 0 Å². The minimum Gasteiger partial charge on any atom is -0.324 e. The third-order valence-electron chi connectivity index (χ3n) is 5.60. The van der Waals surface area contributed by atoms with Crippen LogP contribution >= 0.6 is 0 Å². The van der Waals surface area contributed by atoms with Crippen LogP contribution < -0.4 is 5.73 Å². The molecule has 0 aliphatic heterocycles. The van der Waals surface area contributed by atoms with E-state index in [4.69, 9.17) is 10.7 Å². The Morgan fingerprint density at radius 2 is 2.11 bits per heavy atom. The Bertz CT molecular complexity index is 1150. The molecule has 1 aliphatic carbocycles. The standard InChI is InChI=1S/C22H24N6/c1-13(2)28-12-16(11-25-28)21-26-20-18(8-9-24-22(20)27-21)15-6-7-17-14(10-15)4-3-5-19(17)23/h6-13,19H,3-5,23H2,1-2H3,(H,24,26,27). The molecule has 0 saturated carbocycles. The molecular weight excluding hydrogens is 348 g/mol. The number of nitrogens with one attached hydrogen (secondary N) is 1. The minimum absolute atomic E-state index is 0.157. The van der Waals surface area contributed by atoms with Crippen LogP contribution in [0.4, 0.5) is 0 Å². The molecule has 142 valence electrons. The highest BCUT2D eigenvalue weighted by atomic mass is 15.3. The van der Waals surface area contributed by atoms with Gasteiger partial charge in [-0.25, -0.2) is 9.97 Å². The van der Waals surface area contributed by atoms with E-state index < -0.39 is 0 Å². The number of rotatable bonds is 3. The molecule has 3 aromatic heterocycles. The molecule has 0 spiro atoms. The second kappa shape index (κ2) is 6.56. The number of aromatic nitrogens is 5. The van der Waals surface area contributed by atoms with Crippen molar-refractivity contribution in [3.05, 3.63) is 54.0 Å². The fourth-order valence-corrected chi connectivity index (χ4v) is 4.04. The van der Waals surface area contributed by atoms with Gasteiger partial charge in [0.2, 0.25) is 0 Å². The normalized spacial score (nSPS) is 16.6. The van der Waals surface area contributed by atoms with Crippen molar-refractivity contribution in [2.24, 2.45) is 5.73 Å². The molecule has 1 unspecified atom stereocenters. The molecule has 1 aliphatic rings. The van der Waals surface area contributed by atoms with Crippen molar-refractivity contribution in [3.63, 3.8) is 0 Å². The monoisotopic (exact) mass is 372 g/mol. The molecule has 0 amide bonds. The number of hydrogen-bond acceptors (Lipinski definition) is 4. The number of pyridine rings is 1. The average Bonchev–Trinajstić information content (AvgIpc) is 3.34. The lowest BCUT2D eigenvalue weighted by atomic mass is 9.86. The molecule has 0 radical (unpaired) electrons. The lowest BCUT2D eigenvalue weighted by Gasteiger charge is -2.22. The summed E-state index contributed by atoms with van der Waals surface area (Å²) in [7, 11) is 0. The maximum Gasteiger partial charge on any atom is 0.158 e. The van der Waals surface area contributed by atoms with Gasteiger partial charge in [0.25, 0.3) is 0 Å². The average molecular weight is 372 g/mol. The van der Waals surface area contributed by atoms with Crippen LogP contribution in [0.15, 0.2) is 42.9 Å². The second-order valence-electron chi connectivity index (χ2n) is 7.86. The first-order valence-corrected chi connectivity index (χ1v) is 9.88. The number of fused-ring (bicyclic) bond motifs is 2. The van der Waals surface area contributed by atoms with E-state index in [1.54, 1.807) is 0 Å². The minimum atomic E-state index is 0.157. The highest BCUT2D eigenvalue weighted by Crippen LogP contribution is 2.34. The van der Waals surface area contributed by atoms with Crippen LogP contribution in [0.2, 0.25) is 0 Å². The molecule has 3 heterocycles. The third-order valence-corrected chi connectivity index (χ3v) is 5.60. The van der Waals surface area contributed by atoms with Gasteiger partial charge in [-0.05, 0) is 55.9 Å². The number of hydrogen-bond donors (Lipinski definition) is 2. The first-order chi connectivity index (χ1) is 13.6. The molecule has 28 heavy (non-hydrogen) atoms. The van der Waals surface area contributed by atoms with Crippen LogP contribution in [0.3, 0.4) is 0 Å². The highest BCUT2D eigenvalue weighted by molar-refractivity contribution is 5.91. The Balaban J connectivity index is 1.60. The number of nitrogens with two attached hydrogens (primary N) is 1.